The number of anilines is 2. The van der Waals surface area contributed by atoms with Crippen molar-refractivity contribution < 1.29 is 9.59 Å². The second-order valence-electron chi connectivity index (χ2n) is 7.72. The zero-order chi connectivity index (χ0) is 17.6. The van der Waals surface area contributed by atoms with Gasteiger partial charge in [0, 0.05) is 29.1 Å². The Morgan fingerprint density at radius 1 is 1.16 bits per heavy atom. The second kappa shape index (κ2) is 5.73. The average molecular weight is 334 g/mol. The molecule has 0 bridgehead atoms. The van der Waals surface area contributed by atoms with Crippen LogP contribution in [0, 0.1) is 5.92 Å². The van der Waals surface area contributed by atoms with Gasteiger partial charge in [-0.15, -0.1) is 0 Å². The van der Waals surface area contributed by atoms with E-state index in [1.165, 1.54) is 5.56 Å². The zero-order valence-electron chi connectivity index (χ0n) is 14.5. The molecule has 0 spiro atoms. The second-order valence-corrected chi connectivity index (χ2v) is 7.72. The molecule has 1 heterocycles. The summed E-state index contributed by atoms with van der Waals surface area (Å²) in [7, 11) is 0. The molecule has 1 fully saturated rings. The largest absolute Gasteiger partial charge is 0.326 e. The molecule has 4 nitrogen and oxygen atoms in total. The summed E-state index contributed by atoms with van der Waals surface area (Å²) in [6, 6.07) is 15.9. The quantitative estimate of drug-likeness (QED) is 0.890. The number of hydrogen-bond acceptors (Lipinski definition) is 2. The third-order valence-corrected chi connectivity index (χ3v) is 5.25. The predicted molar refractivity (Wildman–Crippen MR) is 98.6 cm³/mol. The fraction of sp³-hybridized carbons (Fsp3) is 0.333. The van der Waals surface area contributed by atoms with Gasteiger partial charge in [0.2, 0.25) is 11.8 Å². The lowest BCUT2D eigenvalue weighted by Gasteiger charge is -2.32. The minimum absolute atomic E-state index is 0.0398. The third kappa shape index (κ3) is 3.04. The monoisotopic (exact) mass is 334 g/mol. The molecule has 4 heteroatoms. The van der Waals surface area contributed by atoms with Crippen molar-refractivity contribution in [2.45, 2.75) is 38.0 Å². The number of hydrogen-bond donors (Lipinski definition) is 2. The molecule has 1 aliphatic heterocycles. The Kier molecular flexibility index (Phi) is 3.64. The van der Waals surface area contributed by atoms with Gasteiger partial charge >= 0.3 is 0 Å². The van der Waals surface area contributed by atoms with Crippen LogP contribution in [-0.2, 0) is 15.0 Å². The summed E-state index contributed by atoms with van der Waals surface area (Å²) in [6.07, 6.45) is 1.36. The van der Waals surface area contributed by atoms with E-state index in [2.05, 4.69) is 36.6 Å². The van der Waals surface area contributed by atoms with Crippen LogP contribution in [0.4, 0.5) is 11.4 Å². The molecule has 1 saturated carbocycles. The van der Waals surface area contributed by atoms with Crippen LogP contribution in [-0.4, -0.2) is 11.8 Å². The van der Waals surface area contributed by atoms with Crippen LogP contribution in [0.1, 0.15) is 43.7 Å². The van der Waals surface area contributed by atoms with Crippen molar-refractivity contribution in [3.63, 3.8) is 0 Å². The van der Waals surface area contributed by atoms with Crippen LogP contribution in [0.25, 0.3) is 0 Å². The molecule has 2 aliphatic rings. The Balaban J connectivity index is 1.49. The molecule has 2 aromatic carbocycles. The Bertz CT molecular complexity index is 842. The minimum Gasteiger partial charge on any atom is -0.326 e. The molecule has 25 heavy (non-hydrogen) atoms. The van der Waals surface area contributed by atoms with E-state index in [-0.39, 0.29) is 23.1 Å². The molecule has 0 radical (unpaired) electrons. The number of nitrogens with one attached hydrogen (secondary N) is 2. The van der Waals surface area contributed by atoms with E-state index < -0.39 is 0 Å². The van der Waals surface area contributed by atoms with Gasteiger partial charge in [-0.2, -0.15) is 0 Å². The SMILES string of the molecule is CC1(C)CC(=O)Nc2ccc(NC(=O)C3CC3c3ccccc3)cc21. The van der Waals surface area contributed by atoms with Crippen molar-refractivity contribution >= 4 is 23.2 Å². The molecular weight excluding hydrogens is 312 g/mol. The first-order valence-electron chi connectivity index (χ1n) is 8.74. The van der Waals surface area contributed by atoms with E-state index in [9.17, 15) is 9.59 Å². The van der Waals surface area contributed by atoms with Crippen molar-refractivity contribution in [1.29, 1.82) is 0 Å². The molecule has 2 atom stereocenters. The summed E-state index contributed by atoms with van der Waals surface area (Å²) in [5.41, 5.74) is 3.71. The van der Waals surface area contributed by atoms with Gasteiger partial charge in [-0.3, -0.25) is 9.59 Å². The van der Waals surface area contributed by atoms with Crippen LogP contribution < -0.4 is 10.6 Å². The van der Waals surface area contributed by atoms with Crippen LogP contribution in [0.15, 0.2) is 48.5 Å². The van der Waals surface area contributed by atoms with Crippen LogP contribution in [0.2, 0.25) is 0 Å². The van der Waals surface area contributed by atoms with E-state index in [0.717, 1.165) is 23.4 Å². The van der Waals surface area contributed by atoms with E-state index in [4.69, 9.17) is 0 Å². The maximum atomic E-state index is 12.6. The van der Waals surface area contributed by atoms with Gasteiger partial charge in [-0.25, -0.2) is 0 Å². The smallest absolute Gasteiger partial charge is 0.228 e. The fourth-order valence-electron chi connectivity index (χ4n) is 3.77. The van der Waals surface area contributed by atoms with Gasteiger partial charge in [-0.05, 0) is 41.7 Å². The lowest BCUT2D eigenvalue weighted by atomic mass is 9.78. The molecule has 2 aromatic rings. The molecule has 2 amide bonds. The number of carbonyl (C=O) groups excluding carboxylic acids is 2. The topological polar surface area (TPSA) is 58.2 Å². The Labute approximate surface area is 147 Å². The Morgan fingerprint density at radius 2 is 1.92 bits per heavy atom. The molecular formula is C21H22N2O2. The first-order chi connectivity index (χ1) is 11.9. The van der Waals surface area contributed by atoms with Crippen molar-refractivity contribution in [1.82, 2.24) is 0 Å². The van der Waals surface area contributed by atoms with E-state index in [0.29, 0.717) is 12.3 Å². The van der Waals surface area contributed by atoms with E-state index in [1.54, 1.807) is 0 Å². The third-order valence-electron chi connectivity index (χ3n) is 5.25. The van der Waals surface area contributed by atoms with E-state index >= 15 is 0 Å². The maximum absolute atomic E-state index is 12.6. The van der Waals surface area contributed by atoms with Crippen molar-refractivity contribution in [2.24, 2.45) is 5.92 Å². The van der Waals surface area contributed by atoms with Crippen molar-refractivity contribution in [2.75, 3.05) is 10.6 Å². The Morgan fingerprint density at radius 3 is 2.68 bits per heavy atom. The van der Waals surface area contributed by atoms with Gasteiger partial charge in [0.05, 0.1) is 0 Å². The number of amides is 2. The highest BCUT2D eigenvalue weighted by Crippen LogP contribution is 2.48. The van der Waals surface area contributed by atoms with Crippen molar-refractivity contribution in [3.05, 3.63) is 59.7 Å². The van der Waals surface area contributed by atoms with Crippen LogP contribution in [0.3, 0.4) is 0 Å². The summed E-state index contributed by atoms with van der Waals surface area (Å²) in [4.78, 5) is 24.4. The number of benzene rings is 2. The van der Waals surface area contributed by atoms with Gasteiger partial charge in [0.15, 0.2) is 0 Å². The van der Waals surface area contributed by atoms with E-state index in [1.807, 2.05) is 36.4 Å². The lowest BCUT2D eigenvalue weighted by molar-refractivity contribution is -0.118. The first kappa shape index (κ1) is 15.9. The first-order valence-corrected chi connectivity index (χ1v) is 8.74. The highest BCUT2D eigenvalue weighted by atomic mass is 16.2. The number of fused-ring (bicyclic) bond motifs is 1. The van der Waals surface area contributed by atoms with Gasteiger partial charge < -0.3 is 10.6 Å². The Hall–Kier alpha value is -2.62. The molecule has 2 unspecified atom stereocenters. The molecule has 2 N–H and O–H groups in total. The fourth-order valence-corrected chi connectivity index (χ4v) is 3.77. The summed E-state index contributed by atoms with van der Waals surface area (Å²) in [5.74, 6) is 0.491. The van der Waals surface area contributed by atoms with Crippen LogP contribution in [0.5, 0.6) is 0 Å². The normalized spacial score (nSPS) is 23.4. The highest BCUT2D eigenvalue weighted by Gasteiger charge is 2.44. The van der Waals surface area contributed by atoms with Gasteiger partial charge in [-0.1, -0.05) is 44.2 Å². The summed E-state index contributed by atoms with van der Waals surface area (Å²) in [5, 5.41) is 5.96. The zero-order valence-corrected chi connectivity index (χ0v) is 14.5. The highest BCUT2D eigenvalue weighted by molar-refractivity contribution is 5.98. The molecule has 128 valence electrons. The minimum atomic E-state index is -0.232. The average Bonchev–Trinajstić information content (AvgIpc) is 3.36. The summed E-state index contributed by atoms with van der Waals surface area (Å²) in [6.45, 7) is 4.12. The van der Waals surface area contributed by atoms with Crippen LogP contribution >= 0.6 is 0 Å². The molecule has 0 aromatic heterocycles. The summed E-state index contributed by atoms with van der Waals surface area (Å²) >= 11 is 0. The maximum Gasteiger partial charge on any atom is 0.228 e. The predicted octanol–water partition coefficient (Wildman–Crippen LogP) is 4.05. The van der Waals surface area contributed by atoms with Gasteiger partial charge in [0.1, 0.15) is 0 Å². The number of carbonyl (C=O) groups is 2. The molecule has 1 aliphatic carbocycles. The van der Waals surface area contributed by atoms with Gasteiger partial charge in [0.25, 0.3) is 0 Å². The number of rotatable bonds is 3. The molecule has 0 saturated heterocycles. The standard InChI is InChI=1S/C21H22N2O2/c1-21(2)12-19(24)23-18-9-8-14(10-17(18)21)22-20(25)16-11-15(16)13-6-4-3-5-7-13/h3-10,15-16H,11-12H2,1-2H3,(H,22,25)(H,23,24). The lowest BCUT2D eigenvalue weighted by Crippen LogP contribution is -2.32. The summed E-state index contributed by atoms with van der Waals surface area (Å²) < 4.78 is 0. The van der Waals surface area contributed by atoms with Crippen molar-refractivity contribution in [3.8, 4) is 0 Å². The molecule has 4 rings (SSSR count).